The van der Waals surface area contributed by atoms with Gasteiger partial charge in [-0.3, -0.25) is 14.2 Å². The van der Waals surface area contributed by atoms with E-state index < -0.39 is 0 Å². The van der Waals surface area contributed by atoms with Gasteiger partial charge in [-0.15, -0.1) is 0 Å². The van der Waals surface area contributed by atoms with Crippen LogP contribution in [-0.4, -0.2) is 22.9 Å². The van der Waals surface area contributed by atoms with Crippen LogP contribution in [0.4, 0.5) is 0 Å². The summed E-state index contributed by atoms with van der Waals surface area (Å²) in [4.78, 5) is 24.5. The predicted molar refractivity (Wildman–Crippen MR) is 94.0 cm³/mol. The first-order chi connectivity index (χ1) is 11.5. The lowest BCUT2D eigenvalue weighted by atomic mass is 10.1. The Kier molecular flexibility index (Phi) is 4.21. The van der Waals surface area contributed by atoms with Gasteiger partial charge in [0, 0.05) is 22.2 Å². The second kappa shape index (κ2) is 6.32. The van der Waals surface area contributed by atoms with Crippen LogP contribution in [0.1, 0.15) is 40.3 Å². The first-order valence-electron chi connectivity index (χ1n) is 7.89. The number of nitrogens with zero attached hydrogens (tertiary/aromatic N) is 1. The highest BCUT2D eigenvalue weighted by atomic mass is 16.5. The molecule has 2 aromatic carbocycles. The Balaban J connectivity index is 2.13. The highest BCUT2D eigenvalue weighted by molar-refractivity contribution is 6.08. The van der Waals surface area contributed by atoms with Crippen LogP contribution in [0, 0.1) is 6.92 Å². The molecule has 4 nitrogen and oxygen atoms in total. The molecule has 122 valence electrons. The molecular formula is C20H19NO3. The monoisotopic (exact) mass is 321 g/mol. The topological polar surface area (TPSA) is 48.3 Å². The lowest BCUT2D eigenvalue weighted by molar-refractivity contribution is 0.0962. The summed E-state index contributed by atoms with van der Waals surface area (Å²) in [5, 5.41) is 0.785. The molecule has 24 heavy (non-hydrogen) atoms. The van der Waals surface area contributed by atoms with E-state index in [0.717, 1.165) is 17.2 Å². The summed E-state index contributed by atoms with van der Waals surface area (Å²) < 4.78 is 7.26. The van der Waals surface area contributed by atoms with E-state index in [1.807, 2.05) is 44.2 Å². The fourth-order valence-corrected chi connectivity index (χ4v) is 2.91. The van der Waals surface area contributed by atoms with Gasteiger partial charge in [0.2, 0.25) is 0 Å². The summed E-state index contributed by atoms with van der Waals surface area (Å²) in [6.45, 7) is 5.67. The Morgan fingerprint density at radius 1 is 1.12 bits per heavy atom. The van der Waals surface area contributed by atoms with Crippen LogP contribution < -0.4 is 4.74 Å². The standard InChI is InChI=1S/C20H19NO3/c1-13(2)24-16-8-6-7-15(11-16)20(23)21-14(3)18(12-22)17-9-4-5-10-19(17)21/h4-13H,1-3H3. The molecule has 0 saturated carbocycles. The molecule has 0 radical (unpaired) electrons. The van der Waals surface area contributed by atoms with Crippen LogP contribution in [0.25, 0.3) is 10.9 Å². The first-order valence-corrected chi connectivity index (χ1v) is 7.89. The molecule has 0 spiro atoms. The normalized spacial score (nSPS) is 11.0. The van der Waals surface area contributed by atoms with E-state index in [-0.39, 0.29) is 12.0 Å². The number of benzene rings is 2. The van der Waals surface area contributed by atoms with Gasteiger partial charge < -0.3 is 4.74 Å². The maximum Gasteiger partial charge on any atom is 0.262 e. The van der Waals surface area contributed by atoms with E-state index in [2.05, 4.69) is 0 Å². The fourth-order valence-electron chi connectivity index (χ4n) is 2.91. The second-order valence-corrected chi connectivity index (χ2v) is 5.97. The van der Waals surface area contributed by atoms with Gasteiger partial charge in [-0.2, -0.15) is 0 Å². The molecule has 1 aromatic heterocycles. The van der Waals surface area contributed by atoms with Crippen molar-refractivity contribution >= 4 is 23.1 Å². The third-order valence-electron chi connectivity index (χ3n) is 3.93. The summed E-state index contributed by atoms with van der Waals surface area (Å²) >= 11 is 0. The summed E-state index contributed by atoms with van der Waals surface area (Å²) in [5.41, 5.74) is 2.45. The van der Waals surface area contributed by atoms with Crippen LogP contribution in [0.2, 0.25) is 0 Å². The Labute approximate surface area is 140 Å². The van der Waals surface area contributed by atoms with Crippen molar-refractivity contribution in [1.82, 2.24) is 4.57 Å². The van der Waals surface area contributed by atoms with Crippen LogP contribution >= 0.6 is 0 Å². The van der Waals surface area contributed by atoms with Gasteiger partial charge in [-0.05, 0) is 45.0 Å². The van der Waals surface area contributed by atoms with Gasteiger partial charge in [0.25, 0.3) is 5.91 Å². The zero-order valence-corrected chi connectivity index (χ0v) is 13.9. The van der Waals surface area contributed by atoms with Crippen LogP contribution in [0.5, 0.6) is 5.75 Å². The van der Waals surface area contributed by atoms with Crippen molar-refractivity contribution in [2.75, 3.05) is 0 Å². The van der Waals surface area contributed by atoms with Crippen molar-refractivity contribution in [3.63, 3.8) is 0 Å². The van der Waals surface area contributed by atoms with E-state index in [4.69, 9.17) is 4.74 Å². The Bertz CT molecular complexity index is 922. The minimum absolute atomic E-state index is 0.0335. The van der Waals surface area contributed by atoms with E-state index in [9.17, 15) is 9.59 Å². The number of carbonyl (C=O) groups is 2. The smallest absolute Gasteiger partial charge is 0.262 e. The average molecular weight is 321 g/mol. The SMILES string of the molecule is Cc1c(C=O)c2ccccc2n1C(=O)c1cccc(OC(C)C)c1. The van der Waals surface area contributed by atoms with Crippen molar-refractivity contribution in [3.05, 3.63) is 65.4 Å². The first kappa shape index (κ1) is 16.0. The average Bonchev–Trinajstić information content (AvgIpc) is 2.85. The highest BCUT2D eigenvalue weighted by Gasteiger charge is 2.19. The maximum atomic E-state index is 13.0. The van der Waals surface area contributed by atoms with Crippen LogP contribution in [0.3, 0.4) is 0 Å². The van der Waals surface area contributed by atoms with Crippen molar-refractivity contribution in [1.29, 1.82) is 0 Å². The van der Waals surface area contributed by atoms with Crippen molar-refractivity contribution < 1.29 is 14.3 Å². The Hall–Kier alpha value is -2.88. The number of aldehydes is 1. The molecule has 4 heteroatoms. The number of hydrogen-bond donors (Lipinski definition) is 0. The van der Waals surface area contributed by atoms with Gasteiger partial charge >= 0.3 is 0 Å². The van der Waals surface area contributed by atoms with Gasteiger partial charge in [-0.25, -0.2) is 0 Å². The zero-order chi connectivity index (χ0) is 17.3. The molecule has 0 amide bonds. The molecule has 1 heterocycles. The van der Waals surface area contributed by atoms with Crippen molar-refractivity contribution in [2.24, 2.45) is 0 Å². The third kappa shape index (κ3) is 2.71. The number of ether oxygens (including phenoxy) is 1. The lowest BCUT2D eigenvalue weighted by Gasteiger charge is -2.12. The minimum Gasteiger partial charge on any atom is -0.491 e. The number of fused-ring (bicyclic) bond motifs is 1. The molecular weight excluding hydrogens is 302 g/mol. The van der Waals surface area contributed by atoms with Gasteiger partial charge in [-0.1, -0.05) is 24.3 Å². The van der Waals surface area contributed by atoms with E-state index in [0.29, 0.717) is 22.6 Å². The summed E-state index contributed by atoms with van der Waals surface area (Å²) in [5.74, 6) is 0.478. The van der Waals surface area contributed by atoms with E-state index >= 15 is 0 Å². The second-order valence-electron chi connectivity index (χ2n) is 5.97. The molecule has 0 aliphatic heterocycles. The lowest BCUT2D eigenvalue weighted by Crippen LogP contribution is -2.14. The number of rotatable bonds is 4. The molecule has 0 aliphatic rings. The Morgan fingerprint density at radius 2 is 1.88 bits per heavy atom. The number of hydrogen-bond acceptors (Lipinski definition) is 3. The van der Waals surface area contributed by atoms with Crippen LogP contribution in [0.15, 0.2) is 48.5 Å². The molecule has 0 atom stereocenters. The highest BCUT2D eigenvalue weighted by Crippen LogP contribution is 2.26. The van der Waals surface area contributed by atoms with Crippen molar-refractivity contribution in [2.45, 2.75) is 26.9 Å². The summed E-state index contributed by atoms with van der Waals surface area (Å²) in [6.07, 6.45) is 0.839. The van der Waals surface area contributed by atoms with E-state index in [1.165, 1.54) is 0 Å². The van der Waals surface area contributed by atoms with Crippen LogP contribution in [-0.2, 0) is 0 Å². The molecule has 0 bridgehead atoms. The van der Waals surface area contributed by atoms with E-state index in [1.54, 1.807) is 29.7 Å². The molecule has 0 fully saturated rings. The molecule has 0 saturated heterocycles. The number of carbonyl (C=O) groups excluding carboxylic acids is 2. The summed E-state index contributed by atoms with van der Waals surface area (Å²) in [6, 6.07) is 14.5. The Morgan fingerprint density at radius 3 is 2.58 bits per heavy atom. The maximum absolute atomic E-state index is 13.0. The number of para-hydroxylation sites is 1. The largest absolute Gasteiger partial charge is 0.491 e. The molecule has 3 aromatic rings. The molecule has 0 unspecified atom stereocenters. The third-order valence-corrected chi connectivity index (χ3v) is 3.93. The molecule has 3 rings (SSSR count). The summed E-state index contributed by atoms with van der Waals surface area (Å²) in [7, 11) is 0. The quantitative estimate of drug-likeness (QED) is 0.675. The number of aromatic nitrogens is 1. The molecule has 0 aliphatic carbocycles. The zero-order valence-electron chi connectivity index (χ0n) is 13.9. The predicted octanol–water partition coefficient (Wildman–Crippen LogP) is 4.24. The fraction of sp³-hybridized carbons (Fsp3) is 0.200. The van der Waals surface area contributed by atoms with Gasteiger partial charge in [0.15, 0.2) is 6.29 Å². The minimum atomic E-state index is -0.175. The van der Waals surface area contributed by atoms with Gasteiger partial charge in [0.1, 0.15) is 5.75 Å². The molecule has 0 N–H and O–H groups in total. The van der Waals surface area contributed by atoms with Crippen molar-refractivity contribution in [3.8, 4) is 5.75 Å². The van der Waals surface area contributed by atoms with Gasteiger partial charge in [0.05, 0.1) is 11.6 Å².